The Morgan fingerprint density at radius 2 is 1.96 bits per heavy atom. The Labute approximate surface area is 149 Å². The van der Waals surface area contributed by atoms with E-state index in [2.05, 4.69) is 17.6 Å². The van der Waals surface area contributed by atoms with E-state index in [-0.39, 0.29) is 24.0 Å². The standard InChI is InChI=1S/C17H25N3O3.ClH/c1-13(15-7-9-18-10-8-15)12-17(21)19-11-6-14-2-4-16(5-3-14)20(22)23;/h2-5,13,15,18H,6-12H2,1H3,(H,19,21);1H. The molecule has 1 aliphatic heterocycles. The van der Waals surface area contributed by atoms with Crippen LogP contribution in [0.15, 0.2) is 24.3 Å². The quantitative estimate of drug-likeness (QED) is 0.581. The van der Waals surface area contributed by atoms with Gasteiger partial charge in [0.2, 0.25) is 5.91 Å². The number of nitro benzene ring substituents is 1. The molecule has 1 unspecified atom stereocenters. The van der Waals surface area contributed by atoms with Crippen molar-refractivity contribution in [2.75, 3.05) is 19.6 Å². The number of benzene rings is 1. The molecule has 1 aromatic rings. The average molecular weight is 356 g/mol. The molecule has 24 heavy (non-hydrogen) atoms. The van der Waals surface area contributed by atoms with Gasteiger partial charge in [-0.25, -0.2) is 0 Å². The van der Waals surface area contributed by atoms with Crippen LogP contribution in [0.25, 0.3) is 0 Å². The second-order valence-corrected chi connectivity index (χ2v) is 6.29. The van der Waals surface area contributed by atoms with Crippen LogP contribution in [0.5, 0.6) is 0 Å². The van der Waals surface area contributed by atoms with Gasteiger partial charge in [0.1, 0.15) is 0 Å². The Hall–Kier alpha value is -1.66. The number of piperidine rings is 1. The number of non-ortho nitro benzene ring substituents is 1. The fourth-order valence-corrected chi connectivity index (χ4v) is 3.08. The van der Waals surface area contributed by atoms with Crippen LogP contribution in [0.1, 0.15) is 31.7 Å². The second kappa shape index (κ2) is 10.3. The van der Waals surface area contributed by atoms with Crippen molar-refractivity contribution in [3.63, 3.8) is 0 Å². The third kappa shape index (κ3) is 6.45. The normalized spacial score (nSPS) is 16.0. The number of rotatable bonds is 7. The molecular formula is C17H26ClN3O3. The highest BCUT2D eigenvalue weighted by Crippen LogP contribution is 2.24. The zero-order valence-electron chi connectivity index (χ0n) is 14.0. The van der Waals surface area contributed by atoms with E-state index in [9.17, 15) is 14.9 Å². The van der Waals surface area contributed by atoms with Gasteiger partial charge in [0.15, 0.2) is 0 Å². The highest BCUT2D eigenvalue weighted by molar-refractivity contribution is 5.85. The highest BCUT2D eigenvalue weighted by atomic mass is 35.5. The lowest BCUT2D eigenvalue weighted by molar-refractivity contribution is -0.384. The largest absolute Gasteiger partial charge is 0.356 e. The predicted molar refractivity (Wildman–Crippen MR) is 96.4 cm³/mol. The third-order valence-corrected chi connectivity index (χ3v) is 4.58. The third-order valence-electron chi connectivity index (χ3n) is 4.58. The summed E-state index contributed by atoms with van der Waals surface area (Å²) in [6.07, 6.45) is 3.56. The SMILES string of the molecule is CC(CC(=O)NCCc1ccc([N+](=O)[O-])cc1)C1CCNCC1.Cl. The lowest BCUT2D eigenvalue weighted by Gasteiger charge is -2.27. The first-order chi connectivity index (χ1) is 11.1. The minimum Gasteiger partial charge on any atom is -0.356 e. The molecule has 1 fully saturated rings. The minimum atomic E-state index is -0.409. The summed E-state index contributed by atoms with van der Waals surface area (Å²) in [6, 6.07) is 6.47. The number of halogens is 1. The molecule has 2 rings (SSSR count). The van der Waals surface area contributed by atoms with Crippen molar-refractivity contribution in [1.29, 1.82) is 0 Å². The van der Waals surface area contributed by atoms with Gasteiger partial charge in [0, 0.05) is 25.1 Å². The first-order valence-corrected chi connectivity index (χ1v) is 8.27. The van der Waals surface area contributed by atoms with E-state index in [1.165, 1.54) is 12.1 Å². The zero-order chi connectivity index (χ0) is 16.7. The molecule has 1 aromatic carbocycles. The van der Waals surface area contributed by atoms with E-state index >= 15 is 0 Å². The average Bonchev–Trinajstić information content (AvgIpc) is 2.56. The Balaban J connectivity index is 0.00000288. The summed E-state index contributed by atoms with van der Waals surface area (Å²) in [6.45, 7) is 4.83. The van der Waals surface area contributed by atoms with Gasteiger partial charge in [-0.05, 0) is 49.8 Å². The van der Waals surface area contributed by atoms with Crippen LogP contribution in [0.4, 0.5) is 5.69 Å². The molecule has 0 radical (unpaired) electrons. The fraction of sp³-hybridized carbons (Fsp3) is 0.588. The molecule has 1 amide bonds. The van der Waals surface area contributed by atoms with E-state index in [1.807, 2.05) is 0 Å². The van der Waals surface area contributed by atoms with Crippen LogP contribution in [-0.4, -0.2) is 30.5 Å². The van der Waals surface area contributed by atoms with Crippen LogP contribution >= 0.6 is 12.4 Å². The summed E-state index contributed by atoms with van der Waals surface area (Å²) in [5.74, 6) is 1.14. The van der Waals surface area contributed by atoms with Crippen molar-refractivity contribution >= 4 is 24.0 Å². The summed E-state index contributed by atoms with van der Waals surface area (Å²) >= 11 is 0. The Morgan fingerprint density at radius 3 is 2.54 bits per heavy atom. The summed E-state index contributed by atoms with van der Waals surface area (Å²) in [5, 5.41) is 16.9. The molecule has 6 nitrogen and oxygen atoms in total. The maximum Gasteiger partial charge on any atom is 0.269 e. The smallest absolute Gasteiger partial charge is 0.269 e. The maximum absolute atomic E-state index is 12.0. The Kier molecular flexibility index (Phi) is 8.71. The van der Waals surface area contributed by atoms with Crippen molar-refractivity contribution in [2.24, 2.45) is 11.8 Å². The number of amides is 1. The molecule has 0 bridgehead atoms. The molecular weight excluding hydrogens is 330 g/mol. The van der Waals surface area contributed by atoms with Crippen molar-refractivity contribution < 1.29 is 9.72 Å². The van der Waals surface area contributed by atoms with Gasteiger partial charge >= 0.3 is 0 Å². The topological polar surface area (TPSA) is 84.3 Å². The van der Waals surface area contributed by atoms with Crippen LogP contribution in [0.3, 0.4) is 0 Å². The molecule has 134 valence electrons. The van der Waals surface area contributed by atoms with Gasteiger partial charge in [0.05, 0.1) is 4.92 Å². The molecule has 2 N–H and O–H groups in total. The maximum atomic E-state index is 12.0. The monoisotopic (exact) mass is 355 g/mol. The summed E-state index contributed by atoms with van der Waals surface area (Å²) < 4.78 is 0. The first kappa shape index (κ1) is 20.4. The molecule has 0 aromatic heterocycles. The van der Waals surface area contributed by atoms with Crippen LogP contribution in [0, 0.1) is 22.0 Å². The second-order valence-electron chi connectivity index (χ2n) is 6.29. The van der Waals surface area contributed by atoms with E-state index in [0.717, 1.165) is 31.5 Å². The zero-order valence-corrected chi connectivity index (χ0v) is 14.8. The van der Waals surface area contributed by atoms with Gasteiger partial charge in [-0.3, -0.25) is 14.9 Å². The number of carbonyl (C=O) groups is 1. The molecule has 1 atom stereocenters. The van der Waals surface area contributed by atoms with Gasteiger partial charge in [0.25, 0.3) is 5.69 Å². The van der Waals surface area contributed by atoms with Crippen LogP contribution in [-0.2, 0) is 11.2 Å². The van der Waals surface area contributed by atoms with Gasteiger partial charge in [-0.15, -0.1) is 12.4 Å². The number of carbonyl (C=O) groups excluding carboxylic acids is 1. The summed E-state index contributed by atoms with van der Waals surface area (Å²) in [7, 11) is 0. The van der Waals surface area contributed by atoms with Crippen LogP contribution in [0.2, 0.25) is 0 Å². The number of nitrogens with one attached hydrogen (secondary N) is 2. The molecule has 0 aliphatic carbocycles. The van der Waals surface area contributed by atoms with Crippen LogP contribution < -0.4 is 10.6 Å². The Bertz CT molecular complexity index is 530. The minimum absolute atomic E-state index is 0. The number of nitro groups is 1. The van der Waals surface area contributed by atoms with Crippen molar-refractivity contribution in [3.8, 4) is 0 Å². The van der Waals surface area contributed by atoms with Crippen molar-refractivity contribution in [1.82, 2.24) is 10.6 Å². The van der Waals surface area contributed by atoms with Crippen molar-refractivity contribution in [2.45, 2.75) is 32.6 Å². The van der Waals surface area contributed by atoms with Gasteiger partial charge < -0.3 is 10.6 Å². The van der Waals surface area contributed by atoms with E-state index < -0.39 is 4.92 Å². The molecule has 0 spiro atoms. The van der Waals surface area contributed by atoms with Gasteiger partial charge in [-0.1, -0.05) is 19.1 Å². The molecule has 0 saturated carbocycles. The molecule has 1 saturated heterocycles. The van der Waals surface area contributed by atoms with E-state index in [4.69, 9.17) is 0 Å². The first-order valence-electron chi connectivity index (χ1n) is 8.27. The molecule has 1 heterocycles. The lowest BCUT2D eigenvalue weighted by atomic mass is 9.84. The number of nitrogens with zero attached hydrogens (tertiary/aromatic N) is 1. The van der Waals surface area contributed by atoms with Crippen molar-refractivity contribution in [3.05, 3.63) is 39.9 Å². The van der Waals surface area contributed by atoms with E-state index in [0.29, 0.717) is 31.2 Å². The molecule has 1 aliphatic rings. The molecule has 7 heteroatoms. The highest BCUT2D eigenvalue weighted by Gasteiger charge is 2.21. The predicted octanol–water partition coefficient (Wildman–Crippen LogP) is 2.70. The van der Waals surface area contributed by atoms with E-state index in [1.54, 1.807) is 12.1 Å². The number of hydrogen-bond donors (Lipinski definition) is 2. The lowest BCUT2D eigenvalue weighted by Crippen LogP contribution is -2.34. The Morgan fingerprint density at radius 1 is 1.33 bits per heavy atom. The number of hydrogen-bond acceptors (Lipinski definition) is 4. The van der Waals surface area contributed by atoms with Gasteiger partial charge in [-0.2, -0.15) is 0 Å². The summed E-state index contributed by atoms with van der Waals surface area (Å²) in [5.41, 5.74) is 1.08. The fourth-order valence-electron chi connectivity index (χ4n) is 3.08. The summed E-state index contributed by atoms with van der Waals surface area (Å²) in [4.78, 5) is 22.2.